The van der Waals surface area contributed by atoms with Gasteiger partial charge in [-0.25, -0.2) is 0 Å². The summed E-state index contributed by atoms with van der Waals surface area (Å²) in [6.07, 6.45) is 1.50. The molecule has 2 nitrogen and oxygen atoms in total. The molecule has 21 heavy (non-hydrogen) atoms. The van der Waals surface area contributed by atoms with Gasteiger partial charge in [0.15, 0.2) is 5.76 Å². The maximum Gasteiger partial charge on any atom is 0.228 e. The Kier molecular flexibility index (Phi) is 4.18. The van der Waals surface area contributed by atoms with Crippen molar-refractivity contribution in [2.24, 2.45) is 0 Å². The Morgan fingerprint density at radius 2 is 1.52 bits per heavy atom. The molecule has 4 heteroatoms. The number of rotatable bonds is 4. The highest BCUT2D eigenvalue weighted by atomic mass is 32.2. The van der Waals surface area contributed by atoms with Crippen molar-refractivity contribution in [3.63, 3.8) is 0 Å². The van der Waals surface area contributed by atoms with Gasteiger partial charge in [-0.05, 0) is 60.7 Å². The van der Waals surface area contributed by atoms with E-state index in [4.69, 9.17) is 4.42 Å². The van der Waals surface area contributed by atoms with Crippen LogP contribution in [0.5, 0.6) is 0 Å². The highest BCUT2D eigenvalue weighted by molar-refractivity contribution is 7.99. The molecule has 0 bridgehead atoms. The first-order chi connectivity index (χ1) is 10.2. The Bertz CT molecular complexity index is 729. The summed E-state index contributed by atoms with van der Waals surface area (Å²) in [4.78, 5) is 15.3. The van der Waals surface area contributed by atoms with Crippen molar-refractivity contribution in [1.82, 2.24) is 0 Å². The van der Waals surface area contributed by atoms with Crippen LogP contribution < -0.4 is 0 Å². The molecular weight excluding hydrogens is 300 g/mol. The van der Waals surface area contributed by atoms with Crippen molar-refractivity contribution in [2.75, 3.05) is 0 Å². The zero-order chi connectivity index (χ0) is 14.7. The molecule has 0 saturated heterocycles. The molecule has 0 saturated carbocycles. The second kappa shape index (κ2) is 6.24. The Morgan fingerprint density at radius 3 is 2.10 bits per heavy atom. The molecule has 1 heterocycles. The van der Waals surface area contributed by atoms with E-state index in [0.717, 1.165) is 14.7 Å². The largest absolute Gasteiger partial charge is 0.461 e. The summed E-state index contributed by atoms with van der Waals surface area (Å²) in [5.74, 6) is 0.260. The molecular formula is C17H12O2S2. The quantitative estimate of drug-likeness (QED) is 0.546. The van der Waals surface area contributed by atoms with Crippen LogP contribution in [0.25, 0.3) is 0 Å². The summed E-state index contributed by atoms with van der Waals surface area (Å²) in [5, 5.41) is 0. The first-order valence-corrected chi connectivity index (χ1v) is 7.64. The summed E-state index contributed by atoms with van der Waals surface area (Å²) >= 11 is 5.91. The SMILES string of the molecule is O=C(c1ccc(Sc2ccc(S)cc2)cc1)c1ccco1. The standard InChI is InChI=1S/C17H12O2S2/c18-17(16-2-1-11-19-16)12-3-7-14(8-4-12)21-15-9-5-13(20)6-10-15/h1-11,20H. The lowest BCUT2D eigenvalue weighted by Crippen LogP contribution is -1.98. The van der Waals surface area contributed by atoms with Gasteiger partial charge in [0.25, 0.3) is 0 Å². The van der Waals surface area contributed by atoms with Crippen molar-refractivity contribution >= 4 is 30.2 Å². The molecule has 0 radical (unpaired) electrons. The highest BCUT2D eigenvalue weighted by Gasteiger charge is 2.11. The fourth-order valence-corrected chi connectivity index (χ4v) is 2.84. The number of hydrogen-bond acceptors (Lipinski definition) is 4. The van der Waals surface area contributed by atoms with Gasteiger partial charge in [-0.3, -0.25) is 4.79 Å². The van der Waals surface area contributed by atoms with Crippen LogP contribution in [0.2, 0.25) is 0 Å². The molecule has 0 atom stereocenters. The van der Waals surface area contributed by atoms with Crippen molar-refractivity contribution < 1.29 is 9.21 Å². The van der Waals surface area contributed by atoms with E-state index in [9.17, 15) is 4.79 Å². The van der Waals surface area contributed by atoms with E-state index in [0.29, 0.717) is 11.3 Å². The maximum atomic E-state index is 12.1. The molecule has 3 rings (SSSR count). The van der Waals surface area contributed by atoms with Crippen LogP contribution in [0.1, 0.15) is 16.1 Å². The number of hydrogen-bond donors (Lipinski definition) is 1. The van der Waals surface area contributed by atoms with Gasteiger partial charge in [-0.2, -0.15) is 0 Å². The second-order valence-electron chi connectivity index (χ2n) is 4.43. The third-order valence-corrected chi connectivity index (χ3v) is 4.25. The lowest BCUT2D eigenvalue weighted by molar-refractivity contribution is 0.101. The third kappa shape index (κ3) is 3.40. The molecule has 0 unspecified atom stereocenters. The summed E-state index contributed by atoms with van der Waals surface area (Å²) in [7, 11) is 0. The van der Waals surface area contributed by atoms with Crippen molar-refractivity contribution in [3.05, 3.63) is 78.3 Å². The van der Waals surface area contributed by atoms with Crippen LogP contribution in [0.3, 0.4) is 0 Å². The van der Waals surface area contributed by atoms with Crippen LogP contribution in [0.15, 0.2) is 86.0 Å². The van der Waals surface area contributed by atoms with Crippen molar-refractivity contribution in [1.29, 1.82) is 0 Å². The van der Waals surface area contributed by atoms with Crippen molar-refractivity contribution in [2.45, 2.75) is 14.7 Å². The molecule has 0 spiro atoms. The third-order valence-electron chi connectivity index (χ3n) is 2.93. The fourth-order valence-electron chi connectivity index (χ4n) is 1.87. The Labute approximate surface area is 132 Å². The molecule has 2 aromatic carbocycles. The van der Waals surface area contributed by atoms with Crippen LogP contribution in [-0.4, -0.2) is 5.78 Å². The van der Waals surface area contributed by atoms with Crippen LogP contribution >= 0.6 is 24.4 Å². The van der Waals surface area contributed by atoms with E-state index in [1.54, 1.807) is 23.9 Å². The molecule has 1 aromatic heterocycles. The molecule has 0 aliphatic carbocycles. The minimum atomic E-state index is -0.101. The minimum absolute atomic E-state index is 0.101. The molecule has 0 fully saturated rings. The normalized spacial score (nSPS) is 10.5. The summed E-state index contributed by atoms with van der Waals surface area (Å²) in [6.45, 7) is 0. The van der Waals surface area contributed by atoms with Gasteiger partial charge in [0.05, 0.1) is 6.26 Å². The van der Waals surface area contributed by atoms with E-state index in [1.807, 2.05) is 48.5 Å². The molecule has 104 valence electrons. The van der Waals surface area contributed by atoms with Gasteiger partial charge < -0.3 is 4.42 Å². The van der Waals surface area contributed by atoms with Crippen LogP contribution in [0.4, 0.5) is 0 Å². The zero-order valence-corrected chi connectivity index (χ0v) is 12.7. The van der Waals surface area contributed by atoms with E-state index in [-0.39, 0.29) is 5.78 Å². The zero-order valence-electron chi connectivity index (χ0n) is 11.0. The molecule has 0 amide bonds. The molecule has 0 aliphatic heterocycles. The molecule has 0 N–H and O–H groups in total. The number of furan rings is 1. The van der Waals surface area contributed by atoms with E-state index >= 15 is 0 Å². The smallest absolute Gasteiger partial charge is 0.228 e. The molecule has 3 aromatic rings. The summed E-state index contributed by atoms with van der Waals surface area (Å²) in [6, 6.07) is 18.9. The first kappa shape index (κ1) is 14.0. The topological polar surface area (TPSA) is 30.2 Å². The maximum absolute atomic E-state index is 12.1. The van der Waals surface area contributed by atoms with Crippen molar-refractivity contribution in [3.8, 4) is 0 Å². The summed E-state index contributed by atoms with van der Waals surface area (Å²) in [5.41, 5.74) is 0.625. The van der Waals surface area contributed by atoms with Gasteiger partial charge in [0.2, 0.25) is 5.78 Å². The lowest BCUT2D eigenvalue weighted by Gasteiger charge is -2.03. The number of benzene rings is 2. The highest BCUT2D eigenvalue weighted by Crippen LogP contribution is 2.28. The Balaban J connectivity index is 1.75. The Hall–Kier alpha value is -1.91. The molecule has 0 aliphatic rings. The number of thiol groups is 1. The number of carbonyl (C=O) groups is 1. The van der Waals surface area contributed by atoms with Gasteiger partial charge in [-0.15, -0.1) is 12.6 Å². The van der Waals surface area contributed by atoms with E-state index in [2.05, 4.69) is 12.6 Å². The predicted octanol–water partition coefficient (Wildman–Crippen LogP) is 4.95. The van der Waals surface area contributed by atoms with Gasteiger partial charge in [-0.1, -0.05) is 11.8 Å². The average Bonchev–Trinajstić information content (AvgIpc) is 3.04. The van der Waals surface area contributed by atoms with Crippen LogP contribution in [-0.2, 0) is 0 Å². The van der Waals surface area contributed by atoms with Gasteiger partial charge in [0, 0.05) is 20.2 Å². The first-order valence-electron chi connectivity index (χ1n) is 6.37. The van der Waals surface area contributed by atoms with Gasteiger partial charge in [0.1, 0.15) is 0 Å². The number of ketones is 1. The predicted molar refractivity (Wildman–Crippen MR) is 86.4 cm³/mol. The average molecular weight is 312 g/mol. The summed E-state index contributed by atoms with van der Waals surface area (Å²) < 4.78 is 5.12. The fraction of sp³-hybridized carbons (Fsp3) is 0. The Morgan fingerprint density at radius 1 is 0.905 bits per heavy atom. The van der Waals surface area contributed by atoms with E-state index in [1.165, 1.54) is 6.26 Å². The van der Waals surface area contributed by atoms with Crippen LogP contribution in [0, 0.1) is 0 Å². The van der Waals surface area contributed by atoms with E-state index < -0.39 is 0 Å². The minimum Gasteiger partial charge on any atom is -0.461 e. The lowest BCUT2D eigenvalue weighted by atomic mass is 10.1. The number of carbonyl (C=O) groups excluding carboxylic acids is 1. The second-order valence-corrected chi connectivity index (χ2v) is 6.09. The monoisotopic (exact) mass is 312 g/mol. The van der Waals surface area contributed by atoms with Gasteiger partial charge >= 0.3 is 0 Å².